The van der Waals surface area contributed by atoms with Crippen molar-refractivity contribution >= 4 is 18.0 Å². The van der Waals surface area contributed by atoms with Crippen molar-refractivity contribution in [2.45, 2.75) is 12.8 Å². The summed E-state index contributed by atoms with van der Waals surface area (Å²) in [6.45, 7) is 1.05. The van der Waals surface area contributed by atoms with Crippen molar-refractivity contribution in [2.24, 2.45) is 5.10 Å². The second kappa shape index (κ2) is 9.62. The van der Waals surface area contributed by atoms with Crippen LogP contribution in [0.15, 0.2) is 29.5 Å². The van der Waals surface area contributed by atoms with Crippen LogP contribution in [-0.4, -0.2) is 43.3 Å². The fourth-order valence-electron chi connectivity index (χ4n) is 1.31. The number of rotatable bonds is 8. The van der Waals surface area contributed by atoms with Crippen LogP contribution in [0, 0.1) is 0 Å². The average molecular weight is 278 g/mol. The van der Waals surface area contributed by atoms with Gasteiger partial charge in [-0.05, 0) is 18.6 Å². The van der Waals surface area contributed by atoms with E-state index >= 15 is 0 Å². The van der Waals surface area contributed by atoms with E-state index in [2.05, 4.69) is 20.8 Å². The van der Waals surface area contributed by atoms with E-state index in [9.17, 15) is 9.59 Å². The molecule has 20 heavy (non-hydrogen) atoms. The maximum Gasteiger partial charge on any atom is 0.249 e. The summed E-state index contributed by atoms with van der Waals surface area (Å²) in [7, 11) is 1.59. The molecule has 0 atom stereocenters. The maximum absolute atomic E-state index is 11.4. The molecule has 1 heterocycles. The molecule has 1 aromatic rings. The molecule has 0 aliphatic rings. The number of ether oxygens (including phenoxy) is 1. The highest BCUT2D eigenvalue weighted by atomic mass is 16.5. The lowest BCUT2D eigenvalue weighted by atomic mass is 10.3. The van der Waals surface area contributed by atoms with E-state index in [0.29, 0.717) is 25.3 Å². The van der Waals surface area contributed by atoms with Crippen molar-refractivity contribution in [1.82, 2.24) is 15.7 Å². The Labute approximate surface area is 117 Å². The lowest BCUT2D eigenvalue weighted by Gasteiger charge is -2.03. The van der Waals surface area contributed by atoms with Gasteiger partial charge in [-0.15, -0.1) is 0 Å². The van der Waals surface area contributed by atoms with Crippen molar-refractivity contribution in [3.05, 3.63) is 30.1 Å². The zero-order valence-corrected chi connectivity index (χ0v) is 11.3. The summed E-state index contributed by atoms with van der Waals surface area (Å²) in [6, 6.07) is 5.34. The van der Waals surface area contributed by atoms with Crippen LogP contribution in [0.3, 0.4) is 0 Å². The van der Waals surface area contributed by atoms with Gasteiger partial charge in [0.1, 0.15) is 6.42 Å². The number of carbonyl (C=O) groups excluding carboxylic acids is 2. The molecule has 0 fully saturated rings. The number of aromatic nitrogens is 1. The Kier molecular flexibility index (Phi) is 7.59. The summed E-state index contributed by atoms with van der Waals surface area (Å²) < 4.78 is 4.84. The number of nitrogens with zero attached hydrogens (tertiary/aromatic N) is 2. The molecule has 2 N–H and O–H groups in total. The number of pyridine rings is 1. The van der Waals surface area contributed by atoms with Crippen molar-refractivity contribution in [3.63, 3.8) is 0 Å². The van der Waals surface area contributed by atoms with Crippen molar-refractivity contribution in [2.75, 3.05) is 20.3 Å². The third-order valence-corrected chi connectivity index (χ3v) is 2.24. The minimum atomic E-state index is -0.471. The van der Waals surface area contributed by atoms with Crippen LogP contribution in [0.4, 0.5) is 0 Å². The number of hydrazone groups is 1. The first-order valence-corrected chi connectivity index (χ1v) is 6.21. The minimum absolute atomic E-state index is 0.257. The van der Waals surface area contributed by atoms with E-state index < -0.39 is 5.91 Å². The molecule has 0 unspecified atom stereocenters. The number of nitrogens with one attached hydrogen (secondary N) is 2. The largest absolute Gasteiger partial charge is 0.385 e. The fourth-order valence-corrected chi connectivity index (χ4v) is 1.31. The van der Waals surface area contributed by atoms with Crippen LogP contribution < -0.4 is 10.7 Å². The van der Waals surface area contributed by atoms with Gasteiger partial charge in [0.2, 0.25) is 11.8 Å². The van der Waals surface area contributed by atoms with Crippen molar-refractivity contribution in [3.8, 4) is 0 Å². The van der Waals surface area contributed by atoms with Crippen LogP contribution in [0.25, 0.3) is 0 Å². The first kappa shape index (κ1) is 15.8. The Morgan fingerprint density at radius 1 is 1.40 bits per heavy atom. The van der Waals surface area contributed by atoms with Crippen molar-refractivity contribution in [1.29, 1.82) is 0 Å². The molecule has 0 aromatic carbocycles. The van der Waals surface area contributed by atoms with Gasteiger partial charge in [0.05, 0.1) is 11.9 Å². The Morgan fingerprint density at radius 2 is 2.25 bits per heavy atom. The van der Waals surface area contributed by atoms with E-state index in [0.717, 1.165) is 0 Å². The van der Waals surface area contributed by atoms with E-state index in [-0.39, 0.29) is 12.3 Å². The number of methoxy groups -OCH3 is 1. The zero-order valence-electron chi connectivity index (χ0n) is 11.3. The first-order valence-electron chi connectivity index (χ1n) is 6.21. The predicted octanol–water partition coefficient (Wildman–Crippen LogP) is 0.0745. The highest BCUT2D eigenvalue weighted by molar-refractivity contribution is 5.97. The topological polar surface area (TPSA) is 92.7 Å². The van der Waals surface area contributed by atoms with E-state index in [1.54, 1.807) is 25.4 Å². The molecule has 108 valence electrons. The number of carbonyl (C=O) groups is 2. The molecular formula is C13H18N4O3. The molecule has 0 saturated heterocycles. The molecule has 1 aromatic heterocycles. The lowest BCUT2D eigenvalue weighted by Crippen LogP contribution is -2.30. The van der Waals surface area contributed by atoms with Crippen LogP contribution >= 0.6 is 0 Å². The average Bonchev–Trinajstić information content (AvgIpc) is 2.45. The van der Waals surface area contributed by atoms with Gasteiger partial charge < -0.3 is 10.1 Å². The van der Waals surface area contributed by atoms with E-state index in [1.165, 1.54) is 6.21 Å². The maximum atomic E-state index is 11.4. The lowest BCUT2D eigenvalue weighted by molar-refractivity contribution is -0.129. The van der Waals surface area contributed by atoms with Gasteiger partial charge in [-0.3, -0.25) is 14.6 Å². The summed E-state index contributed by atoms with van der Waals surface area (Å²) >= 11 is 0. The van der Waals surface area contributed by atoms with Crippen LogP contribution in [0.1, 0.15) is 18.5 Å². The summed E-state index contributed by atoms with van der Waals surface area (Å²) in [5, 5.41) is 6.33. The van der Waals surface area contributed by atoms with Gasteiger partial charge in [0.25, 0.3) is 0 Å². The molecule has 0 radical (unpaired) electrons. The van der Waals surface area contributed by atoms with Gasteiger partial charge in [-0.2, -0.15) is 5.10 Å². The second-order valence-electron chi connectivity index (χ2n) is 3.92. The third kappa shape index (κ3) is 7.22. The highest BCUT2D eigenvalue weighted by Crippen LogP contribution is 1.88. The Morgan fingerprint density at radius 3 is 2.95 bits per heavy atom. The number of hydrogen-bond acceptors (Lipinski definition) is 5. The molecule has 0 aliphatic carbocycles. The molecule has 0 spiro atoms. The van der Waals surface area contributed by atoms with Gasteiger partial charge >= 0.3 is 0 Å². The van der Waals surface area contributed by atoms with E-state index in [1.807, 2.05) is 6.07 Å². The molecule has 0 saturated carbocycles. The molecule has 7 nitrogen and oxygen atoms in total. The van der Waals surface area contributed by atoms with Gasteiger partial charge in [-0.25, -0.2) is 5.43 Å². The highest BCUT2D eigenvalue weighted by Gasteiger charge is 2.07. The quantitative estimate of drug-likeness (QED) is 0.305. The summed E-state index contributed by atoms with van der Waals surface area (Å²) in [5.41, 5.74) is 2.89. The first-order chi connectivity index (χ1) is 9.72. The molecule has 2 amide bonds. The number of amides is 2. The van der Waals surface area contributed by atoms with Gasteiger partial charge in [0, 0.05) is 26.5 Å². The summed E-state index contributed by atoms with van der Waals surface area (Å²) in [4.78, 5) is 26.8. The molecule has 0 aliphatic heterocycles. The fraction of sp³-hybridized carbons (Fsp3) is 0.385. The van der Waals surface area contributed by atoms with Crippen LogP contribution in [-0.2, 0) is 14.3 Å². The standard InChI is InChI=1S/C13H18N4O3/c1-20-8-4-7-15-12(18)9-13(19)17-16-10-11-5-2-3-6-14-11/h2-3,5-6,10H,4,7-9H2,1H3,(H,15,18)(H,17,19)/b16-10-. The molecule has 1 rings (SSSR count). The molecule has 0 bridgehead atoms. The van der Waals surface area contributed by atoms with Gasteiger partial charge in [0.15, 0.2) is 0 Å². The van der Waals surface area contributed by atoms with Crippen molar-refractivity contribution < 1.29 is 14.3 Å². The Bertz CT molecular complexity index is 448. The number of hydrogen-bond donors (Lipinski definition) is 2. The smallest absolute Gasteiger partial charge is 0.249 e. The normalized spacial score (nSPS) is 10.4. The zero-order chi connectivity index (χ0) is 14.6. The Hall–Kier alpha value is -2.28. The second-order valence-corrected chi connectivity index (χ2v) is 3.92. The molecule has 7 heteroatoms. The third-order valence-electron chi connectivity index (χ3n) is 2.24. The van der Waals surface area contributed by atoms with Crippen LogP contribution in [0.2, 0.25) is 0 Å². The minimum Gasteiger partial charge on any atom is -0.385 e. The SMILES string of the molecule is COCCCNC(=O)CC(=O)N/N=C\c1ccccn1. The summed E-state index contributed by atoms with van der Waals surface area (Å²) in [5.74, 6) is -0.812. The molecular weight excluding hydrogens is 260 g/mol. The van der Waals surface area contributed by atoms with Crippen LogP contribution in [0.5, 0.6) is 0 Å². The predicted molar refractivity (Wildman–Crippen MR) is 74.1 cm³/mol. The summed E-state index contributed by atoms with van der Waals surface area (Å²) in [6.07, 6.45) is 3.49. The Balaban J connectivity index is 2.19. The van der Waals surface area contributed by atoms with E-state index in [4.69, 9.17) is 4.74 Å². The van der Waals surface area contributed by atoms with Gasteiger partial charge in [-0.1, -0.05) is 6.07 Å². The monoisotopic (exact) mass is 278 g/mol.